The first-order valence-electron chi connectivity index (χ1n) is 11.4. The number of nitrogens with zero attached hydrogens (tertiary/aromatic N) is 1. The molecule has 0 aromatic heterocycles. The van der Waals surface area contributed by atoms with Crippen molar-refractivity contribution in [3.8, 4) is 11.5 Å². The van der Waals surface area contributed by atoms with Crippen LogP contribution in [0.5, 0.6) is 11.5 Å². The standard InChI is InChI=1S/C25H35N3O4/c1-19(21-8-11-23(32-17-16-29)24(18-21)31-2)26-25(30)27-22-9-6-20(7-10-22)12-15-28-13-4-3-5-14-28/h6-11,18-19,29H,3-5,12-17H2,1-2H3,(H2,26,27,30)/t19-/m0/s1. The fourth-order valence-corrected chi connectivity index (χ4v) is 3.90. The minimum atomic E-state index is -0.266. The van der Waals surface area contributed by atoms with Crippen molar-refractivity contribution in [2.75, 3.05) is 45.3 Å². The molecule has 1 saturated heterocycles. The summed E-state index contributed by atoms with van der Waals surface area (Å²) in [5.41, 5.74) is 2.94. The highest BCUT2D eigenvalue weighted by Gasteiger charge is 2.14. The molecule has 32 heavy (non-hydrogen) atoms. The summed E-state index contributed by atoms with van der Waals surface area (Å²) in [4.78, 5) is 15.0. The van der Waals surface area contributed by atoms with E-state index in [9.17, 15) is 4.79 Å². The van der Waals surface area contributed by atoms with E-state index >= 15 is 0 Å². The quantitative estimate of drug-likeness (QED) is 0.520. The van der Waals surface area contributed by atoms with Crippen LogP contribution in [0, 0.1) is 0 Å². The van der Waals surface area contributed by atoms with Gasteiger partial charge in [0.1, 0.15) is 6.61 Å². The number of likely N-dealkylation sites (tertiary alicyclic amines) is 1. The Hall–Kier alpha value is -2.77. The molecule has 7 heteroatoms. The maximum Gasteiger partial charge on any atom is 0.319 e. The molecule has 3 rings (SSSR count). The monoisotopic (exact) mass is 441 g/mol. The normalized spacial score (nSPS) is 15.1. The third-order valence-electron chi connectivity index (χ3n) is 5.76. The van der Waals surface area contributed by atoms with Crippen LogP contribution in [-0.2, 0) is 6.42 Å². The third-order valence-corrected chi connectivity index (χ3v) is 5.76. The van der Waals surface area contributed by atoms with E-state index in [0.29, 0.717) is 11.5 Å². The van der Waals surface area contributed by atoms with E-state index in [1.54, 1.807) is 13.2 Å². The number of piperidine rings is 1. The lowest BCUT2D eigenvalue weighted by molar-refractivity contribution is 0.196. The second-order valence-corrected chi connectivity index (χ2v) is 8.15. The molecule has 0 saturated carbocycles. The van der Waals surface area contributed by atoms with Crippen molar-refractivity contribution in [2.45, 2.75) is 38.6 Å². The second-order valence-electron chi connectivity index (χ2n) is 8.15. The lowest BCUT2D eigenvalue weighted by atomic mass is 10.1. The lowest BCUT2D eigenvalue weighted by Crippen LogP contribution is -2.31. The van der Waals surface area contributed by atoms with Gasteiger partial charge in [-0.1, -0.05) is 24.6 Å². The number of rotatable bonds is 10. The highest BCUT2D eigenvalue weighted by Crippen LogP contribution is 2.30. The van der Waals surface area contributed by atoms with Crippen LogP contribution in [0.3, 0.4) is 0 Å². The number of urea groups is 1. The van der Waals surface area contributed by atoms with E-state index in [4.69, 9.17) is 14.6 Å². The number of amides is 2. The van der Waals surface area contributed by atoms with Gasteiger partial charge in [0, 0.05) is 12.2 Å². The maximum absolute atomic E-state index is 12.5. The van der Waals surface area contributed by atoms with Gasteiger partial charge in [0.2, 0.25) is 0 Å². The fraction of sp³-hybridized carbons (Fsp3) is 0.480. The summed E-state index contributed by atoms with van der Waals surface area (Å²) in [5, 5.41) is 14.8. The molecule has 7 nitrogen and oxygen atoms in total. The number of nitrogens with one attached hydrogen (secondary N) is 2. The molecule has 0 radical (unpaired) electrons. The van der Waals surface area contributed by atoms with Gasteiger partial charge in [0.25, 0.3) is 0 Å². The highest BCUT2D eigenvalue weighted by atomic mass is 16.5. The summed E-state index contributed by atoms with van der Waals surface area (Å²) >= 11 is 0. The van der Waals surface area contributed by atoms with Crippen molar-refractivity contribution in [1.82, 2.24) is 10.2 Å². The Bertz CT molecular complexity index is 851. The van der Waals surface area contributed by atoms with Gasteiger partial charge >= 0.3 is 6.03 Å². The van der Waals surface area contributed by atoms with E-state index in [1.165, 1.54) is 37.9 Å². The summed E-state index contributed by atoms with van der Waals surface area (Å²) in [5.74, 6) is 1.12. The number of hydrogen-bond acceptors (Lipinski definition) is 5. The number of carbonyl (C=O) groups excluding carboxylic acids is 1. The number of anilines is 1. The van der Waals surface area contributed by atoms with Crippen LogP contribution >= 0.6 is 0 Å². The molecule has 2 amide bonds. The molecule has 0 bridgehead atoms. The minimum absolute atomic E-state index is 0.0670. The topological polar surface area (TPSA) is 83.1 Å². The van der Waals surface area contributed by atoms with E-state index < -0.39 is 0 Å². The predicted molar refractivity (Wildman–Crippen MR) is 127 cm³/mol. The van der Waals surface area contributed by atoms with Gasteiger partial charge in [-0.25, -0.2) is 4.79 Å². The van der Waals surface area contributed by atoms with Crippen molar-refractivity contribution < 1.29 is 19.4 Å². The smallest absolute Gasteiger partial charge is 0.319 e. The van der Waals surface area contributed by atoms with Crippen LogP contribution in [0.1, 0.15) is 43.4 Å². The van der Waals surface area contributed by atoms with Crippen molar-refractivity contribution in [2.24, 2.45) is 0 Å². The zero-order valence-corrected chi connectivity index (χ0v) is 19.1. The average molecular weight is 442 g/mol. The Morgan fingerprint density at radius 2 is 1.84 bits per heavy atom. The summed E-state index contributed by atoms with van der Waals surface area (Å²) in [7, 11) is 1.56. The average Bonchev–Trinajstić information content (AvgIpc) is 2.82. The van der Waals surface area contributed by atoms with Crippen LogP contribution in [0.15, 0.2) is 42.5 Å². The van der Waals surface area contributed by atoms with Gasteiger partial charge in [-0.15, -0.1) is 0 Å². The van der Waals surface area contributed by atoms with E-state index in [2.05, 4.69) is 27.7 Å². The fourth-order valence-electron chi connectivity index (χ4n) is 3.90. The molecule has 2 aromatic rings. The van der Waals surface area contributed by atoms with Crippen molar-refractivity contribution in [1.29, 1.82) is 0 Å². The molecule has 1 aliphatic heterocycles. The SMILES string of the molecule is COc1cc([C@H](C)NC(=O)Nc2ccc(CCN3CCCCC3)cc2)ccc1OCCO. The van der Waals surface area contributed by atoms with Gasteiger partial charge in [-0.2, -0.15) is 0 Å². The molecule has 174 valence electrons. The maximum atomic E-state index is 12.5. The van der Waals surface area contributed by atoms with E-state index in [1.807, 2.05) is 31.2 Å². The van der Waals surface area contributed by atoms with Gasteiger partial charge in [-0.05, 0) is 74.7 Å². The summed E-state index contributed by atoms with van der Waals surface area (Å²) in [6, 6.07) is 13.1. The Labute approximate surface area is 190 Å². The Kier molecular flexibility index (Phi) is 9.19. The first-order chi connectivity index (χ1) is 15.6. The first kappa shape index (κ1) is 23.9. The van der Waals surface area contributed by atoms with Gasteiger partial charge < -0.3 is 30.1 Å². The zero-order valence-electron chi connectivity index (χ0n) is 19.1. The number of carbonyl (C=O) groups is 1. The summed E-state index contributed by atoms with van der Waals surface area (Å²) in [6.07, 6.45) is 5.01. The van der Waals surface area contributed by atoms with E-state index in [0.717, 1.165) is 24.2 Å². The van der Waals surface area contributed by atoms with E-state index in [-0.39, 0.29) is 25.3 Å². The second kappa shape index (κ2) is 12.3. The molecule has 1 heterocycles. The molecule has 3 N–H and O–H groups in total. The van der Waals surface area contributed by atoms with Crippen LogP contribution in [0.2, 0.25) is 0 Å². The molecule has 1 atom stereocenters. The van der Waals surface area contributed by atoms with Gasteiger partial charge in [0.15, 0.2) is 11.5 Å². The largest absolute Gasteiger partial charge is 0.493 e. The van der Waals surface area contributed by atoms with Gasteiger partial charge in [-0.3, -0.25) is 0 Å². The Morgan fingerprint density at radius 1 is 1.09 bits per heavy atom. The number of methoxy groups -OCH3 is 1. The molecule has 2 aromatic carbocycles. The number of aliphatic hydroxyl groups excluding tert-OH is 1. The van der Waals surface area contributed by atoms with Crippen molar-refractivity contribution in [3.05, 3.63) is 53.6 Å². The highest BCUT2D eigenvalue weighted by molar-refractivity contribution is 5.89. The predicted octanol–water partition coefficient (Wildman–Crippen LogP) is 3.98. The van der Waals surface area contributed by atoms with Crippen LogP contribution in [0.25, 0.3) is 0 Å². The molecule has 0 aliphatic carbocycles. The number of aliphatic hydroxyl groups is 1. The summed E-state index contributed by atoms with van der Waals surface area (Å²) in [6.45, 7) is 5.56. The third kappa shape index (κ3) is 7.14. The molecule has 0 spiro atoms. The molecular weight excluding hydrogens is 406 g/mol. The first-order valence-corrected chi connectivity index (χ1v) is 11.4. The Balaban J connectivity index is 1.49. The van der Waals surface area contributed by atoms with Crippen LogP contribution in [-0.4, -0.2) is 56.0 Å². The van der Waals surface area contributed by atoms with Crippen molar-refractivity contribution in [3.63, 3.8) is 0 Å². The zero-order chi connectivity index (χ0) is 22.8. The molecule has 1 aliphatic rings. The lowest BCUT2D eigenvalue weighted by Gasteiger charge is -2.26. The van der Waals surface area contributed by atoms with Crippen molar-refractivity contribution >= 4 is 11.7 Å². The minimum Gasteiger partial charge on any atom is -0.493 e. The van der Waals surface area contributed by atoms with Crippen LogP contribution < -0.4 is 20.1 Å². The van der Waals surface area contributed by atoms with Crippen LogP contribution in [0.4, 0.5) is 10.5 Å². The number of ether oxygens (including phenoxy) is 2. The Morgan fingerprint density at radius 3 is 2.53 bits per heavy atom. The number of hydrogen-bond donors (Lipinski definition) is 3. The molecule has 1 fully saturated rings. The van der Waals surface area contributed by atoms with Gasteiger partial charge in [0.05, 0.1) is 19.8 Å². The number of benzene rings is 2. The molecule has 0 unspecified atom stereocenters. The summed E-state index contributed by atoms with van der Waals surface area (Å²) < 4.78 is 10.8. The molecular formula is C25H35N3O4.